The second kappa shape index (κ2) is 4.62. The summed E-state index contributed by atoms with van der Waals surface area (Å²) in [4.78, 5) is 11.1. The quantitative estimate of drug-likeness (QED) is 0.384. The van der Waals surface area contributed by atoms with Gasteiger partial charge in [0.2, 0.25) is 0 Å². The smallest absolute Gasteiger partial charge is 0.328 e. The fourth-order valence-electron chi connectivity index (χ4n) is 3.64. The van der Waals surface area contributed by atoms with Crippen LogP contribution in [0.3, 0.4) is 0 Å². The Labute approximate surface area is 98.3 Å². The SMILES string of the molecule is CC1CC(C)(C)CC(C)(CNC(=O)NN)C1. The number of nitrogens with two attached hydrogens (primary N) is 1. The van der Waals surface area contributed by atoms with Crippen LogP contribution < -0.4 is 16.6 Å². The molecule has 0 spiro atoms. The fourth-order valence-corrected chi connectivity index (χ4v) is 3.64. The average Bonchev–Trinajstić information content (AvgIpc) is 2.10. The van der Waals surface area contributed by atoms with E-state index in [-0.39, 0.29) is 11.4 Å². The van der Waals surface area contributed by atoms with E-state index in [0.29, 0.717) is 12.0 Å². The number of hydrazine groups is 1. The molecule has 0 radical (unpaired) electrons. The lowest BCUT2D eigenvalue weighted by atomic mass is 9.61. The van der Waals surface area contributed by atoms with Crippen LogP contribution in [0, 0.1) is 16.7 Å². The van der Waals surface area contributed by atoms with Crippen molar-refractivity contribution in [2.45, 2.75) is 47.0 Å². The lowest BCUT2D eigenvalue weighted by Crippen LogP contribution is -2.47. The van der Waals surface area contributed by atoms with Crippen molar-refractivity contribution in [1.29, 1.82) is 0 Å². The Kier molecular flexibility index (Phi) is 3.84. The Morgan fingerprint density at radius 3 is 2.50 bits per heavy atom. The Balaban J connectivity index is 2.58. The van der Waals surface area contributed by atoms with Crippen LogP contribution in [-0.4, -0.2) is 12.6 Å². The zero-order valence-electron chi connectivity index (χ0n) is 10.9. The standard InChI is InChI=1S/C12H25N3O/c1-9-5-11(2,3)7-12(4,6-9)8-14-10(16)15-13/h9H,5-8,13H2,1-4H3,(H2,14,15,16). The van der Waals surface area contributed by atoms with Crippen molar-refractivity contribution >= 4 is 6.03 Å². The van der Waals surface area contributed by atoms with Crippen molar-refractivity contribution in [2.75, 3.05) is 6.54 Å². The minimum atomic E-state index is -0.294. The summed E-state index contributed by atoms with van der Waals surface area (Å²) in [6.07, 6.45) is 3.59. The first kappa shape index (κ1) is 13.3. The Morgan fingerprint density at radius 2 is 2.00 bits per heavy atom. The average molecular weight is 227 g/mol. The molecule has 1 aliphatic carbocycles. The van der Waals surface area contributed by atoms with Gasteiger partial charge in [-0.1, -0.05) is 27.7 Å². The molecule has 0 bridgehead atoms. The van der Waals surface area contributed by atoms with Crippen LogP contribution in [0.2, 0.25) is 0 Å². The predicted octanol–water partition coefficient (Wildman–Crippen LogP) is 2.01. The van der Waals surface area contributed by atoms with E-state index in [2.05, 4.69) is 38.4 Å². The van der Waals surface area contributed by atoms with E-state index in [9.17, 15) is 4.79 Å². The van der Waals surface area contributed by atoms with E-state index in [1.165, 1.54) is 12.8 Å². The molecule has 0 aliphatic heterocycles. The summed E-state index contributed by atoms with van der Waals surface area (Å²) in [6, 6.07) is -0.294. The van der Waals surface area contributed by atoms with Crippen LogP contribution in [0.1, 0.15) is 47.0 Å². The first-order valence-corrected chi connectivity index (χ1v) is 6.01. The van der Waals surface area contributed by atoms with Gasteiger partial charge < -0.3 is 5.32 Å². The summed E-state index contributed by atoms with van der Waals surface area (Å²) in [7, 11) is 0. The number of nitrogens with one attached hydrogen (secondary N) is 2. The fraction of sp³-hybridized carbons (Fsp3) is 0.917. The molecule has 94 valence electrons. The summed E-state index contributed by atoms with van der Waals surface area (Å²) in [5, 5.41) is 2.83. The third-order valence-corrected chi connectivity index (χ3v) is 3.45. The highest BCUT2D eigenvalue weighted by atomic mass is 16.2. The molecule has 4 N–H and O–H groups in total. The van der Waals surface area contributed by atoms with E-state index in [0.717, 1.165) is 12.3 Å². The molecule has 4 heteroatoms. The maximum atomic E-state index is 11.1. The molecule has 0 aromatic carbocycles. The van der Waals surface area contributed by atoms with Crippen LogP contribution >= 0.6 is 0 Å². The highest BCUT2D eigenvalue weighted by Gasteiger charge is 2.39. The summed E-state index contributed by atoms with van der Waals surface area (Å²) in [6.45, 7) is 9.86. The summed E-state index contributed by atoms with van der Waals surface area (Å²) >= 11 is 0. The van der Waals surface area contributed by atoms with Crippen molar-refractivity contribution in [2.24, 2.45) is 22.6 Å². The normalized spacial score (nSPS) is 33.2. The molecule has 16 heavy (non-hydrogen) atoms. The van der Waals surface area contributed by atoms with Gasteiger partial charge in [-0.3, -0.25) is 5.43 Å². The molecule has 1 rings (SSSR count). The molecular weight excluding hydrogens is 202 g/mol. The molecule has 1 saturated carbocycles. The first-order valence-electron chi connectivity index (χ1n) is 6.01. The minimum absolute atomic E-state index is 0.188. The van der Waals surface area contributed by atoms with Crippen LogP contribution in [0.4, 0.5) is 4.79 Å². The van der Waals surface area contributed by atoms with Crippen molar-refractivity contribution in [3.05, 3.63) is 0 Å². The highest BCUT2D eigenvalue weighted by Crippen LogP contribution is 2.48. The molecule has 2 unspecified atom stereocenters. The van der Waals surface area contributed by atoms with Crippen molar-refractivity contribution in [3.8, 4) is 0 Å². The van der Waals surface area contributed by atoms with E-state index in [4.69, 9.17) is 5.84 Å². The maximum absolute atomic E-state index is 11.1. The number of hydrogen-bond donors (Lipinski definition) is 3. The van der Waals surface area contributed by atoms with Crippen LogP contribution in [0.25, 0.3) is 0 Å². The molecule has 2 atom stereocenters. The van der Waals surface area contributed by atoms with Gasteiger partial charge in [0.1, 0.15) is 0 Å². The molecule has 1 fully saturated rings. The second-order valence-corrected chi connectivity index (χ2v) is 6.49. The van der Waals surface area contributed by atoms with Gasteiger partial charge in [-0.25, -0.2) is 10.6 Å². The van der Waals surface area contributed by atoms with Crippen LogP contribution in [0.15, 0.2) is 0 Å². The molecule has 1 aliphatic rings. The maximum Gasteiger partial charge on any atom is 0.328 e. The molecule has 4 nitrogen and oxygen atoms in total. The topological polar surface area (TPSA) is 67.2 Å². The third-order valence-electron chi connectivity index (χ3n) is 3.45. The lowest BCUT2D eigenvalue weighted by Gasteiger charge is -2.46. The summed E-state index contributed by atoms with van der Waals surface area (Å²) in [5.74, 6) is 5.77. The summed E-state index contributed by atoms with van der Waals surface area (Å²) < 4.78 is 0. The van der Waals surface area contributed by atoms with Gasteiger partial charge in [0.05, 0.1) is 0 Å². The van der Waals surface area contributed by atoms with Gasteiger partial charge in [-0.2, -0.15) is 0 Å². The van der Waals surface area contributed by atoms with Gasteiger partial charge in [-0.05, 0) is 36.0 Å². The molecule has 0 aromatic rings. The Hall–Kier alpha value is -0.770. The second-order valence-electron chi connectivity index (χ2n) is 6.49. The molecular formula is C12H25N3O. The largest absolute Gasteiger partial charge is 0.337 e. The number of rotatable bonds is 2. The number of hydrogen-bond acceptors (Lipinski definition) is 2. The third kappa shape index (κ3) is 3.67. The van der Waals surface area contributed by atoms with Gasteiger partial charge >= 0.3 is 6.03 Å². The monoisotopic (exact) mass is 227 g/mol. The molecule has 2 amide bonds. The van der Waals surface area contributed by atoms with E-state index in [1.54, 1.807) is 0 Å². The van der Waals surface area contributed by atoms with Crippen molar-refractivity contribution < 1.29 is 4.79 Å². The minimum Gasteiger partial charge on any atom is -0.337 e. The Bertz CT molecular complexity index is 265. The zero-order chi connectivity index (χ0) is 12.4. The van der Waals surface area contributed by atoms with Crippen LogP contribution in [-0.2, 0) is 0 Å². The molecule has 0 aromatic heterocycles. The van der Waals surface area contributed by atoms with Gasteiger partial charge in [0.15, 0.2) is 0 Å². The Morgan fingerprint density at radius 1 is 1.38 bits per heavy atom. The van der Waals surface area contributed by atoms with E-state index < -0.39 is 0 Å². The molecule has 0 saturated heterocycles. The van der Waals surface area contributed by atoms with E-state index >= 15 is 0 Å². The first-order chi connectivity index (χ1) is 7.26. The zero-order valence-corrected chi connectivity index (χ0v) is 10.9. The molecule has 0 heterocycles. The number of amides is 2. The number of carbonyl (C=O) groups is 1. The highest BCUT2D eigenvalue weighted by molar-refractivity contribution is 5.73. The van der Waals surface area contributed by atoms with Gasteiger partial charge in [-0.15, -0.1) is 0 Å². The number of carbonyl (C=O) groups excluding carboxylic acids is 1. The summed E-state index contributed by atoms with van der Waals surface area (Å²) in [5.41, 5.74) is 2.66. The van der Waals surface area contributed by atoms with E-state index in [1.807, 2.05) is 0 Å². The van der Waals surface area contributed by atoms with Crippen molar-refractivity contribution in [3.63, 3.8) is 0 Å². The number of urea groups is 1. The predicted molar refractivity (Wildman–Crippen MR) is 65.6 cm³/mol. The van der Waals surface area contributed by atoms with Crippen LogP contribution in [0.5, 0.6) is 0 Å². The lowest BCUT2D eigenvalue weighted by molar-refractivity contribution is 0.0625. The van der Waals surface area contributed by atoms with Gasteiger partial charge in [0.25, 0.3) is 0 Å². The van der Waals surface area contributed by atoms with Gasteiger partial charge in [0, 0.05) is 6.54 Å². The van der Waals surface area contributed by atoms with Crippen molar-refractivity contribution in [1.82, 2.24) is 10.7 Å².